The molecule has 0 spiro atoms. The van der Waals surface area contributed by atoms with Crippen molar-refractivity contribution < 1.29 is 23.9 Å². The number of amides is 4. The number of anilines is 1. The summed E-state index contributed by atoms with van der Waals surface area (Å²) in [5.41, 5.74) is 5.64. The number of hydrogen-bond acceptors (Lipinski definition) is 5. The minimum atomic E-state index is -1.26. The van der Waals surface area contributed by atoms with Crippen LogP contribution >= 0.6 is 0 Å². The third-order valence-electron chi connectivity index (χ3n) is 3.72. The molecule has 140 valence electrons. The highest BCUT2D eigenvalue weighted by Gasteiger charge is 2.25. The van der Waals surface area contributed by atoms with Crippen molar-refractivity contribution in [3.05, 3.63) is 65.7 Å². The quantitative estimate of drug-likeness (QED) is 0.778. The Morgan fingerprint density at radius 2 is 1.52 bits per heavy atom. The van der Waals surface area contributed by atoms with Crippen molar-refractivity contribution in [1.82, 2.24) is 5.32 Å². The first-order valence-corrected chi connectivity index (χ1v) is 8.04. The molecule has 3 N–H and O–H groups in total. The van der Waals surface area contributed by atoms with Crippen molar-refractivity contribution in [2.24, 2.45) is 5.73 Å². The summed E-state index contributed by atoms with van der Waals surface area (Å²) in [4.78, 5) is 49.0. The van der Waals surface area contributed by atoms with Crippen LogP contribution in [0.5, 0.6) is 0 Å². The Balaban J connectivity index is 2.22. The average molecular weight is 369 g/mol. The van der Waals surface area contributed by atoms with Gasteiger partial charge < -0.3 is 15.4 Å². The maximum absolute atomic E-state index is 12.8. The molecule has 0 saturated carbocycles. The van der Waals surface area contributed by atoms with E-state index in [2.05, 4.69) is 0 Å². The van der Waals surface area contributed by atoms with Crippen molar-refractivity contribution in [3.63, 3.8) is 0 Å². The molecule has 2 aromatic rings. The van der Waals surface area contributed by atoms with E-state index in [1.807, 2.05) is 11.4 Å². The fourth-order valence-electron chi connectivity index (χ4n) is 2.30. The van der Waals surface area contributed by atoms with Crippen LogP contribution in [-0.4, -0.2) is 37.0 Å². The Kier molecular flexibility index (Phi) is 6.27. The lowest BCUT2D eigenvalue weighted by molar-refractivity contribution is -0.127. The fraction of sp³-hybridized carbons (Fsp3) is 0.158. The van der Waals surface area contributed by atoms with Crippen LogP contribution in [0.1, 0.15) is 27.6 Å². The molecule has 27 heavy (non-hydrogen) atoms. The first kappa shape index (κ1) is 19.6. The number of carbonyl (C=O) groups excluding carboxylic acids is 4. The highest BCUT2D eigenvalue weighted by atomic mass is 16.5. The zero-order valence-corrected chi connectivity index (χ0v) is 14.8. The lowest BCUT2D eigenvalue weighted by atomic mass is 10.1. The van der Waals surface area contributed by atoms with Crippen molar-refractivity contribution >= 4 is 29.5 Å². The van der Waals surface area contributed by atoms with E-state index in [9.17, 15) is 19.2 Å². The Morgan fingerprint density at radius 1 is 0.963 bits per heavy atom. The van der Waals surface area contributed by atoms with Gasteiger partial charge in [0.15, 0.2) is 6.10 Å². The Morgan fingerprint density at radius 3 is 2.11 bits per heavy atom. The summed E-state index contributed by atoms with van der Waals surface area (Å²) in [6.45, 7) is 1.29. The second-order valence-electron chi connectivity index (χ2n) is 5.65. The molecule has 0 saturated heterocycles. The molecule has 8 heteroatoms. The van der Waals surface area contributed by atoms with Crippen LogP contribution in [0.4, 0.5) is 10.5 Å². The maximum Gasteiger partial charge on any atom is 0.339 e. The standard InChI is InChI=1S/C19H19N3O5/c1-12(16(23)21-19(20)26)27-18(25)15-11-7-6-10-14(15)17(24)22(2)13-8-4-3-5-9-13/h3-12H,1-2H3,(H3,20,21,23,26)/t12-/m0/s1. The largest absolute Gasteiger partial charge is 0.449 e. The minimum absolute atomic E-state index is 0.00371. The van der Waals surface area contributed by atoms with Crippen molar-refractivity contribution in [2.75, 3.05) is 11.9 Å². The third kappa shape index (κ3) is 4.91. The van der Waals surface area contributed by atoms with Gasteiger partial charge in [-0.1, -0.05) is 30.3 Å². The monoisotopic (exact) mass is 369 g/mol. The van der Waals surface area contributed by atoms with Crippen LogP contribution < -0.4 is 16.0 Å². The fourth-order valence-corrected chi connectivity index (χ4v) is 2.30. The van der Waals surface area contributed by atoms with Gasteiger partial charge in [0.25, 0.3) is 11.8 Å². The zero-order chi connectivity index (χ0) is 20.0. The van der Waals surface area contributed by atoms with Crippen LogP contribution in [0.3, 0.4) is 0 Å². The number of nitrogens with zero attached hydrogens (tertiary/aromatic N) is 1. The number of esters is 1. The number of hydrogen-bond donors (Lipinski definition) is 2. The second-order valence-corrected chi connectivity index (χ2v) is 5.65. The van der Waals surface area contributed by atoms with Crippen molar-refractivity contribution in [3.8, 4) is 0 Å². The predicted molar refractivity (Wildman–Crippen MR) is 98.2 cm³/mol. The normalized spacial score (nSPS) is 11.2. The molecule has 0 unspecified atom stereocenters. The number of benzene rings is 2. The number of carbonyl (C=O) groups is 4. The lowest BCUT2D eigenvalue weighted by Gasteiger charge is -2.19. The summed E-state index contributed by atoms with van der Waals surface area (Å²) in [5.74, 6) is -2.14. The SMILES string of the molecule is C[C@H](OC(=O)c1ccccc1C(=O)N(C)c1ccccc1)C(=O)NC(N)=O. The lowest BCUT2D eigenvalue weighted by Crippen LogP contribution is -2.42. The number of urea groups is 1. The van der Waals surface area contributed by atoms with Crippen LogP contribution in [0.25, 0.3) is 0 Å². The summed E-state index contributed by atoms with van der Waals surface area (Å²) < 4.78 is 5.05. The van der Waals surface area contributed by atoms with E-state index in [0.717, 1.165) is 0 Å². The van der Waals surface area contributed by atoms with Crippen LogP contribution in [0.15, 0.2) is 54.6 Å². The van der Waals surface area contributed by atoms with Crippen LogP contribution in [0, 0.1) is 0 Å². The minimum Gasteiger partial charge on any atom is -0.449 e. The predicted octanol–water partition coefficient (Wildman–Crippen LogP) is 1.70. The molecule has 0 aliphatic carbocycles. The number of ether oxygens (including phenoxy) is 1. The molecule has 0 aliphatic heterocycles. The summed E-state index contributed by atoms with van der Waals surface area (Å²) in [6, 6.07) is 14.0. The summed E-state index contributed by atoms with van der Waals surface area (Å²) in [7, 11) is 1.59. The van der Waals surface area contributed by atoms with E-state index in [-0.39, 0.29) is 11.1 Å². The van der Waals surface area contributed by atoms with E-state index in [4.69, 9.17) is 10.5 Å². The summed E-state index contributed by atoms with van der Waals surface area (Å²) >= 11 is 0. The first-order chi connectivity index (χ1) is 12.8. The van der Waals surface area contributed by atoms with Gasteiger partial charge >= 0.3 is 12.0 Å². The molecule has 0 heterocycles. The van der Waals surface area contributed by atoms with E-state index >= 15 is 0 Å². The molecule has 0 aliphatic rings. The number of imide groups is 1. The molecular formula is C19H19N3O5. The molecule has 0 bridgehead atoms. The summed E-state index contributed by atoms with van der Waals surface area (Å²) in [6.07, 6.45) is -1.26. The number of nitrogens with one attached hydrogen (secondary N) is 1. The van der Waals surface area contributed by atoms with Crippen LogP contribution in [-0.2, 0) is 9.53 Å². The van der Waals surface area contributed by atoms with Gasteiger partial charge in [-0.25, -0.2) is 9.59 Å². The zero-order valence-electron chi connectivity index (χ0n) is 14.8. The molecule has 8 nitrogen and oxygen atoms in total. The van der Waals surface area contributed by atoms with Crippen molar-refractivity contribution in [1.29, 1.82) is 0 Å². The third-order valence-corrected chi connectivity index (χ3v) is 3.72. The van der Waals surface area contributed by atoms with Gasteiger partial charge in [-0.05, 0) is 31.2 Å². The molecule has 0 aromatic heterocycles. The number of rotatable bonds is 5. The molecule has 2 aromatic carbocycles. The van der Waals surface area contributed by atoms with E-state index < -0.39 is 29.9 Å². The highest BCUT2D eigenvalue weighted by Crippen LogP contribution is 2.18. The van der Waals surface area contributed by atoms with Gasteiger partial charge in [0.1, 0.15) is 0 Å². The van der Waals surface area contributed by atoms with Gasteiger partial charge in [-0.2, -0.15) is 0 Å². The van der Waals surface area contributed by atoms with Gasteiger partial charge in [0, 0.05) is 12.7 Å². The Hall–Kier alpha value is -3.68. The molecule has 2 rings (SSSR count). The topological polar surface area (TPSA) is 119 Å². The molecular weight excluding hydrogens is 350 g/mol. The number of primary amides is 1. The van der Waals surface area contributed by atoms with Gasteiger partial charge in [-0.3, -0.25) is 14.9 Å². The Bertz CT molecular complexity index is 867. The second kappa shape index (κ2) is 8.61. The van der Waals surface area contributed by atoms with E-state index in [1.54, 1.807) is 43.4 Å². The van der Waals surface area contributed by atoms with E-state index in [0.29, 0.717) is 5.69 Å². The van der Waals surface area contributed by atoms with Gasteiger partial charge in [0.05, 0.1) is 11.1 Å². The average Bonchev–Trinajstić information content (AvgIpc) is 2.66. The van der Waals surface area contributed by atoms with Crippen LogP contribution in [0.2, 0.25) is 0 Å². The number of para-hydroxylation sites is 1. The van der Waals surface area contributed by atoms with Gasteiger partial charge in [-0.15, -0.1) is 0 Å². The molecule has 0 fully saturated rings. The van der Waals surface area contributed by atoms with E-state index in [1.165, 1.54) is 24.0 Å². The van der Waals surface area contributed by atoms with Crippen molar-refractivity contribution in [2.45, 2.75) is 13.0 Å². The Labute approximate surface area is 155 Å². The molecule has 0 radical (unpaired) electrons. The van der Waals surface area contributed by atoms with Gasteiger partial charge in [0.2, 0.25) is 0 Å². The number of nitrogens with two attached hydrogens (primary N) is 1. The molecule has 1 atom stereocenters. The highest BCUT2D eigenvalue weighted by molar-refractivity contribution is 6.12. The maximum atomic E-state index is 12.8. The first-order valence-electron chi connectivity index (χ1n) is 8.04. The smallest absolute Gasteiger partial charge is 0.339 e. The molecule has 4 amide bonds. The summed E-state index contributed by atoms with van der Waals surface area (Å²) in [5, 5.41) is 1.82.